The van der Waals surface area contributed by atoms with Gasteiger partial charge in [-0.2, -0.15) is 0 Å². The quantitative estimate of drug-likeness (QED) is 0.923. The van der Waals surface area contributed by atoms with Crippen molar-refractivity contribution in [3.63, 3.8) is 0 Å². The number of benzene rings is 1. The molecule has 0 unspecified atom stereocenters. The first-order valence-corrected chi connectivity index (χ1v) is 6.57. The lowest BCUT2D eigenvalue weighted by atomic mass is 10.3. The SMILES string of the molecule is O=C(O)c1ccc(COc2ccc(F)c(Br)c2)s1. The summed E-state index contributed by atoms with van der Waals surface area (Å²) in [6.45, 7) is 0.260. The fraction of sp³-hybridized carbons (Fsp3) is 0.0833. The normalized spacial score (nSPS) is 10.3. The van der Waals surface area contributed by atoms with Gasteiger partial charge in [-0.3, -0.25) is 0 Å². The van der Waals surface area contributed by atoms with E-state index in [1.54, 1.807) is 6.07 Å². The molecule has 3 nitrogen and oxygen atoms in total. The molecule has 0 saturated heterocycles. The molecule has 0 saturated carbocycles. The van der Waals surface area contributed by atoms with Crippen molar-refractivity contribution >= 4 is 33.2 Å². The average Bonchev–Trinajstić information content (AvgIpc) is 2.79. The minimum Gasteiger partial charge on any atom is -0.488 e. The van der Waals surface area contributed by atoms with Crippen LogP contribution in [0.2, 0.25) is 0 Å². The molecule has 0 aliphatic carbocycles. The van der Waals surface area contributed by atoms with Crippen molar-refractivity contribution in [1.82, 2.24) is 0 Å². The van der Waals surface area contributed by atoms with Crippen LogP contribution in [0.15, 0.2) is 34.8 Å². The predicted molar refractivity (Wildman–Crippen MR) is 69.7 cm³/mol. The van der Waals surface area contributed by atoms with Crippen LogP contribution in [0.1, 0.15) is 14.5 Å². The van der Waals surface area contributed by atoms with E-state index in [-0.39, 0.29) is 17.3 Å². The van der Waals surface area contributed by atoms with Crippen LogP contribution in [0.5, 0.6) is 5.75 Å². The minimum atomic E-state index is -0.948. The van der Waals surface area contributed by atoms with Gasteiger partial charge >= 0.3 is 5.97 Å². The van der Waals surface area contributed by atoms with Gasteiger partial charge in [-0.15, -0.1) is 11.3 Å². The highest BCUT2D eigenvalue weighted by molar-refractivity contribution is 9.10. The van der Waals surface area contributed by atoms with Gasteiger partial charge in [0, 0.05) is 4.88 Å². The molecule has 0 bridgehead atoms. The lowest BCUT2D eigenvalue weighted by Gasteiger charge is -2.05. The van der Waals surface area contributed by atoms with E-state index in [9.17, 15) is 9.18 Å². The fourth-order valence-corrected chi connectivity index (χ4v) is 2.41. The summed E-state index contributed by atoms with van der Waals surface area (Å²) in [7, 11) is 0. The number of hydrogen-bond donors (Lipinski definition) is 1. The van der Waals surface area contributed by atoms with Crippen molar-refractivity contribution in [3.05, 3.63) is 50.4 Å². The number of hydrogen-bond acceptors (Lipinski definition) is 3. The second-order valence-corrected chi connectivity index (χ2v) is 5.46. The van der Waals surface area contributed by atoms with Crippen LogP contribution in [0, 0.1) is 5.82 Å². The molecular weight excluding hydrogens is 323 g/mol. The minimum absolute atomic E-state index is 0.260. The zero-order valence-corrected chi connectivity index (χ0v) is 11.4. The number of ether oxygens (including phenoxy) is 1. The van der Waals surface area contributed by atoms with E-state index >= 15 is 0 Å². The van der Waals surface area contributed by atoms with Crippen molar-refractivity contribution in [2.75, 3.05) is 0 Å². The molecule has 0 radical (unpaired) electrons. The third-order valence-electron chi connectivity index (χ3n) is 2.14. The van der Waals surface area contributed by atoms with Crippen LogP contribution in [-0.4, -0.2) is 11.1 Å². The average molecular weight is 331 g/mol. The first-order valence-electron chi connectivity index (χ1n) is 4.96. The van der Waals surface area contributed by atoms with Gasteiger partial charge in [0.25, 0.3) is 0 Å². The summed E-state index contributed by atoms with van der Waals surface area (Å²) < 4.78 is 18.8. The highest BCUT2D eigenvalue weighted by Crippen LogP contribution is 2.24. The lowest BCUT2D eigenvalue weighted by Crippen LogP contribution is -1.93. The van der Waals surface area contributed by atoms with E-state index in [1.807, 2.05) is 0 Å². The molecule has 0 spiro atoms. The molecule has 1 aromatic heterocycles. The van der Waals surface area contributed by atoms with Gasteiger partial charge in [0.15, 0.2) is 0 Å². The van der Waals surface area contributed by atoms with E-state index in [2.05, 4.69) is 15.9 Å². The first-order chi connectivity index (χ1) is 8.56. The summed E-state index contributed by atoms with van der Waals surface area (Å²) in [6, 6.07) is 7.59. The van der Waals surface area contributed by atoms with E-state index in [0.717, 1.165) is 16.2 Å². The second-order valence-electron chi connectivity index (χ2n) is 3.44. The highest BCUT2D eigenvalue weighted by Gasteiger charge is 2.07. The van der Waals surface area contributed by atoms with Gasteiger partial charge in [-0.05, 0) is 46.3 Å². The Hall–Kier alpha value is -1.40. The zero-order chi connectivity index (χ0) is 13.1. The summed E-state index contributed by atoms with van der Waals surface area (Å²) in [4.78, 5) is 11.8. The van der Waals surface area contributed by atoms with Crippen molar-refractivity contribution in [3.8, 4) is 5.75 Å². The van der Waals surface area contributed by atoms with Gasteiger partial charge in [-0.1, -0.05) is 0 Å². The summed E-state index contributed by atoms with van der Waals surface area (Å²) in [5.74, 6) is -0.782. The smallest absolute Gasteiger partial charge is 0.345 e. The van der Waals surface area contributed by atoms with Crippen LogP contribution in [-0.2, 0) is 6.61 Å². The molecule has 0 fully saturated rings. The molecule has 18 heavy (non-hydrogen) atoms. The van der Waals surface area contributed by atoms with Gasteiger partial charge in [0.2, 0.25) is 0 Å². The van der Waals surface area contributed by atoms with E-state index < -0.39 is 5.97 Å². The Bertz CT molecular complexity index is 582. The van der Waals surface area contributed by atoms with Crippen LogP contribution in [0.25, 0.3) is 0 Å². The van der Waals surface area contributed by atoms with Crippen molar-refractivity contribution in [2.45, 2.75) is 6.61 Å². The number of carbonyl (C=O) groups is 1. The Kier molecular flexibility index (Phi) is 3.98. The number of rotatable bonds is 4. The summed E-state index contributed by atoms with van der Waals surface area (Å²) >= 11 is 4.22. The lowest BCUT2D eigenvalue weighted by molar-refractivity contribution is 0.0702. The van der Waals surface area contributed by atoms with E-state index in [4.69, 9.17) is 9.84 Å². The predicted octanol–water partition coefficient (Wildman–Crippen LogP) is 3.93. The number of thiophene rings is 1. The maximum atomic E-state index is 13.0. The van der Waals surface area contributed by atoms with Crippen LogP contribution < -0.4 is 4.74 Å². The van der Waals surface area contributed by atoms with E-state index in [0.29, 0.717) is 10.2 Å². The van der Waals surface area contributed by atoms with Crippen LogP contribution in [0.4, 0.5) is 4.39 Å². The molecule has 2 aromatic rings. The van der Waals surface area contributed by atoms with Crippen molar-refractivity contribution < 1.29 is 19.0 Å². The van der Waals surface area contributed by atoms with Gasteiger partial charge in [-0.25, -0.2) is 9.18 Å². The monoisotopic (exact) mass is 330 g/mol. The molecule has 1 N–H and O–H groups in total. The van der Waals surface area contributed by atoms with Crippen LogP contribution >= 0.6 is 27.3 Å². The van der Waals surface area contributed by atoms with Gasteiger partial charge in [0.05, 0.1) is 4.47 Å². The molecular formula is C12H8BrFO3S. The molecule has 1 heterocycles. The highest BCUT2D eigenvalue weighted by atomic mass is 79.9. The fourth-order valence-electron chi connectivity index (χ4n) is 1.29. The maximum absolute atomic E-state index is 13.0. The third-order valence-corrected chi connectivity index (χ3v) is 3.80. The molecule has 2 rings (SSSR count). The Balaban J connectivity index is 2.02. The number of carboxylic acid groups (broad SMARTS) is 1. The molecule has 0 amide bonds. The Morgan fingerprint density at radius 1 is 1.39 bits per heavy atom. The summed E-state index contributed by atoms with van der Waals surface area (Å²) in [5, 5.41) is 8.77. The summed E-state index contributed by atoms with van der Waals surface area (Å²) in [6.07, 6.45) is 0. The van der Waals surface area contributed by atoms with Crippen molar-refractivity contribution in [2.24, 2.45) is 0 Å². The Labute approximate surface area is 115 Å². The molecule has 1 aromatic carbocycles. The molecule has 6 heteroatoms. The first kappa shape index (κ1) is 13.0. The summed E-state index contributed by atoms with van der Waals surface area (Å²) in [5.41, 5.74) is 0. The van der Waals surface area contributed by atoms with Gasteiger partial charge < -0.3 is 9.84 Å². The molecule has 0 aliphatic rings. The maximum Gasteiger partial charge on any atom is 0.345 e. The molecule has 0 atom stereocenters. The largest absolute Gasteiger partial charge is 0.488 e. The Morgan fingerprint density at radius 3 is 2.78 bits per heavy atom. The zero-order valence-electron chi connectivity index (χ0n) is 9.02. The van der Waals surface area contributed by atoms with Crippen molar-refractivity contribution in [1.29, 1.82) is 0 Å². The molecule has 94 valence electrons. The number of aromatic carboxylic acids is 1. The third kappa shape index (κ3) is 3.08. The van der Waals surface area contributed by atoms with Gasteiger partial charge in [0.1, 0.15) is 23.1 Å². The number of halogens is 2. The van der Waals surface area contributed by atoms with E-state index in [1.165, 1.54) is 24.3 Å². The Morgan fingerprint density at radius 2 is 2.17 bits per heavy atom. The second kappa shape index (κ2) is 5.49. The molecule has 0 aliphatic heterocycles. The standard InChI is InChI=1S/C12H8BrFO3S/c13-9-5-7(1-3-10(9)14)17-6-8-2-4-11(18-8)12(15)16/h1-5H,6H2,(H,15,16). The number of carboxylic acids is 1. The van der Waals surface area contributed by atoms with Crippen LogP contribution in [0.3, 0.4) is 0 Å². The topological polar surface area (TPSA) is 46.5 Å².